The molecule has 2 N–H and O–H groups in total. The Kier molecular flexibility index (Phi) is 4.14. The average molecular weight is 193 g/mol. The van der Waals surface area contributed by atoms with Crippen molar-refractivity contribution < 1.29 is 13.9 Å². The Bertz CT molecular complexity index is 165. The van der Waals surface area contributed by atoms with Crippen LogP contribution in [-0.4, -0.2) is 43.8 Å². The first-order valence-electron chi connectivity index (χ1n) is 4.16. The van der Waals surface area contributed by atoms with Gasteiger partial charge in [0.15, 0.2) is 11.1 Å². The van der Waals surface area contributed by atoms with Gasteiger partial charge in [-0.25, -0.2) is 4.21 Å². The zero-order chi connectivity index (χ0) is 8.97. The van der Waals surface area contributed by atoms with Crippen LogP contribution in [0.4, 0.5) is 0 Å². The lowest BCUT2D eigenvalue weighted by atomic mass is 10.0. The van der Waals surface area contributed by atoms with Gasteiger partial charge in [-0.1, -0.05) is 6.42 Å². The minimum atomic E-state index is -1.77. The molecule has 0 aromatic heterocycles. The molecule has 0 aromatic rings. The highest BCUT2D eigenvalue weighted by Gasteiger charge is 2.22. The Hall–Kier alpha value is 0.0300. The average Bonchev–Trinajstić information content (AvgIpc) is 2.04. The predicted molar refractivity (Wildman–Crippen MR) is 47.1 cm³/mol. The van der Waals surface area contributed by atoms with Gasteiger partial charge in [-0.15, -0.1) is 0 Å². The Morgan fingerprint density at radius 3 is 2.83 bits per heavy atom. The van der Waals surface area contributed by atoms with Gasteiger partial charge >= 0.3 is 0 Å². The summed E-state index contributed by atoms with van der Waals surface area (Å²) < 4.78 is 19.2. The van der Waals surface area contributed by atoms with Crippen LogP contribution in [0.1, 0.15) is 19.3 Å². The molecule has 1 rings (SSSR count). The maximum atomic E-state index is 10.5. The van der Waals surface area contributed by atoms with E-state index >= 15 is 0 Å². The summed E-state index contributed by atoms with van der Waals surface area (Å²) in [6.07, 6.45) is 3.11. The third kappa shape index (κ3) is 2.82. The molecule has 12 heavy (non-hydrogen) atoms. The van der Waals surface area contributed by atoms with Gasteiger partial charge in [-0.2, -0.15) is 0 Å². The Balaban J connectivity index is 2.41. The van der Waals surface area contributed by atoms with Crippen LogP contribution >= 0.6 is 0 Å². The first-order valence-corrected chi connectivity index (χ1v) is 5.44. The SMILES string of the molecule is O=S(O)CN1CCCCC1CO. The number of aliphatic hydroxyl groups is 1. The maximum absolute atomic E-state index is 10.5. The highest BCUT2D eigenvalue weighted by molar-refractivity contribution is 7.79. The normalized spacial score (nSPS) is 28.7. The van der Waals surface area contributed by atoms with Gasteiger partial charge < -0.3 is 9.66 Å². The van der Waals surface area contributed by atoms with E-state index in [0.29, 0.717) is 0 Å². The van der Waals surface area contributed by atoms with Crippen LogP contribution in [0.5, 0.6) is 0 Å². The Morgan fingerprint density at radius 1 is 1.50 bits per heavy atom. The van der Waals surface area contributed by atoms with Crippen LogP contribution in [0, 0.1) is 0 Å². The van der Waals surface area contributed by atoms with E-state index in [-0.39, 0.29) is 18.5 Å². The van der Waals surface area contributed by atoms with Crippen LogP contribution in [-0.2, 0) is 11.1 Å². The van der Waals surface area contributed by atoms with Gasteiger partial charge in [-0.05, 0) is 19.4 Å². The molecule has 2 unspecified atom stereocenters. The summed E-state index contributed by atoms with van der Waals surface area (Å²) in [6.45, 7) is 0.925. The number of hydrogen-bond donors (Lipinski definition) is 2. The Labute approximate surface area is 74.9 Å². The molecule has 1 heterocycles. The molecule has 5 heteroatoms. The molecule has 4 nitrogen and oxygen atoms in total. The van der Waals surface area contributed by atoms with Crippen LogP contribution in [0.25, 0.3) is 0 Å². The van der Waals surface area contributed by atoms with Gasteiger partial charge in [0.05, 0.1) is 6.61 Å². The van der Waals surface area contributed by atoms with Crippen molar-refractivity contribution in [3.63, 3.8) is 0 Å². The first kappa shape index (κ1) is 10.1. The van der Waals surface area contributed by atoms with Crippen LogP contribution in [0.2, 0.25) is 0 Å². The molecule has 0 radical (unpaired) electrons. The van der Waals surface area contributed by atoms with Crippen molar-refractivity contribution in [2.75, 3.05) is 19.0 Å². The summed E-state index contributed by atoms with van der Waals surface area (Å²) in [7, 11) is 0. The lowest BCUT2D eigenvalue weighted by molar-refractivity contribution is 0.106. The third-order valence-electron chi connectivity index (χ3n) is 2.24. The van der Waals surface area contributed by atoms with Crippen LogP contribution in [0.3, 0.4) is 0 Å². The van der Waals surface area contributed by atoms with Crippen molar-refractivity contribution >= 4 is 11.1 Å². The second-order valence-electron chi connectivity index (χ2n) is 3.10. The summed E-state index contributed by atoms with van der Waals surface area (Å²) in [4.78, 5) is 1.89. The van der Waals surface area contributed by atoms with Crippen molar-refractivity contribution in [1.29, 1.82) is 0 Å². The molecule has 2 atom stereocenters. The summed E-state index contributed by atoms with van der Waals surface area (Å²) in [5.74, 6) is 0.172. The number of nitrogens with zero attached hydrogens (tertiary/aromatic N) is 1. The van der Waals surface area contributed by atoms with E-state index in [9.17, 15) is 4.21 Å². The summed E-state index contributed by atoms with van der Waals surface area (Å²) in [5.41, 5.74) is 0. The van der Waals surface area contributed by atoms with Crippen LogP contribution in [0.15, 0.2) is 0 Å². The zero-order valence-electron chi connectivity index (χ0n) is 6.98. The molecule has 0 amide bonds. The van der Waals surface area contributed by atoms with E-state index < -0.39 is 11.1 Å². The van der Waals surface area contributed by atoms with E-state index in [4.69, 9.17) is 9.66 Å². The van der Waals surface area contributed by atoms with Gasteiger partial charge in [-0.3, -0.25) is 4.90 Å². The largest absolute Gasteiger partial charge is 0.395 e. The highest BCUT2D eigenvalue weighted by atomic mass is 32.2. The number of hydrogen-bond acceptors (Lipinski definition) is 3. The molecule has 1 aliphatic heterocycles. The molecule has 1 saturated heterocycles. The molecule has 1 fully saturated rings. The van der Waals surface area contributed by atoms with Gasteiger partial charge in [0.2, 0.25) is 0 Å². The van der Waals surface area contributed by atoms with E-state index in [1.54, 1.807) is 0 Å². The fraction of sp³-hybridized carbons (Fsp3) is 1.00. The van der Waals surface area contributed by atoms with Crippen molar-refractivity contribution in [3.8, 4) is 0 Å². The van der Waals surface area contributed by atoms with E-state index in [1.165, 1.54) is 0 Å². The fourth-order valence-corrected chi connectivity index (χ4v) is 2.20. The number of piperidine rings is 1. The summed E-state index contributed by atoms with van der Waals surface area (Å²) >= 11 is -1.77. The third-order valence-corrected chi connectivity index (χ3v) is 2.79. The second-order valence-corrected chi connectivity index (χ2v) is 4.00. The fourth-order valence-electron chi connectivity index (χ4n) is 1.58. The lowest BCUT2D eigenvalue weighted by Gasteiger charge is -2.33. The van der Waals surface area contributed by atoms with Crippen molar-refractivity contribution in [2.45, 2.75) is 25.3 Å². The first-order chi connectivity index (χ1) is 5.74. The number of aliphatic hydroxyl groups excluding tert-OH is 1. The lowest BCUT2D eigenvalue weighted by Crippen LogP contribution is -2.43. The Morgan fingerprint density at radius 2 is 2.25 bits per heavy atom. The molecular formula is C7H15NO3S. The van der Waals surface area contributed by atoms with E-state index in [2.05, 4.69) is 0 Å². The molecule has 0 bridgehead atoms. The second kappa shape index (κ2) is 4.91. The quantitative estimate of drug-likeness (QED) is 0.620. The molecule has 72 valence electrons. The molecule has 0 saturated carbocycles. The predicted octanol–water partition coefficient (Wildman–Crippen LogP) is 0.0124. The van der Waals surface area contributed by atoms with E-state index in [1.807, 2.05) is 4.90 Å². The highest BCUT2D eigenvalue weighted by Crippen LogP contribution is 2.16. The molecule has 0 spiro atoms. The minimum Gasteiger partial charge on any atom is -0.395 e. The number of likely N-dealkylation sites (tertiary alicyclic amines) is 1. The molecule has 0 aromatic carbocycles. The van der Waals surface area contributed by atoms with Crippen molar-refractivity contribution in [1.82, 2.24) is 4.90 Å². The minimum absolute atomic E-state index is 0.0925. The van der Waals surface area contributed by atoms with Gasteiger partial charge in [0, 0.05) is 6.04 Å². The molecular weight excluding hydrogens is 178 g/mol. The maximum Gasteiger partial charge on any atom is 0.167 e. The topological polar surface area (TPSA) is 60.8 Å². The standard InChI is InChI=1S/C7H15NO3S/c9-5-7-3-1-2-4-8(7)6-12(10)11/h7,9H,1-6H2,(H,10,11). The zero-order valence-corrected chi connectivity index (χ0v) is 7.79. The van der Waals surface area contributed by atoms with Crippen molar-refractivity contribution in [3.05, 3.63) is 0 Å². The molecule has 0 aliphatic carbocycles. The van der Waals surface area contributed by atoms with Crippen molar-refractivity contribution in [2.24, 2.45) is 0 Å². The summed E-state index contributed by atoms with van der Waals surface area (Å²) in [5, 5.41) is 8.95. The van der Waals surface area contributed by atoms with Crippen LogP contribution < -0.4 is 0 Å². The monoisotopic (exact) mass is 193 g/mol. The van der Waals surface area contributed by atoms with Gasteiger partial charge in [0.1, 0.15) is 5.88 Å². The smallest absolute Gasteiger partial charge is 0.167 e. The summed E-state index contributed by atoms with van der Waals surface area (Å²) in [6, 6.07) is 0.0925. The van der Waals surface area contributed by atoms with E-state index in [0.717, 1.165) is 25.8 Å². The molecule has 1 aliphatic rings. The number of rotatable bonds is 3. The van der Waals surface area contributed by atoms with Gasteiger partial charge in [0.25, 0.3) is 0 Å².